The van der Waals surface area contributed by atoms with E-state index in [1.165, 1.54) is 12.0 Å². The Kier molecular flexibility index (Phi) is 5.53. The van der Waals surface area contributed by atoms with Gasteiger partial charge in [-0.1, -0.05) is 48.5 Å². The van der Waals surface area contributed by atoms with Gasteiger partial charge in [-0.05, 0) is 29.8 Å². The molecule has 0 radical (unpaired) electrons. The van der Waals surface area contributed by atoms with Crippen LogP contribution >= 0.6 is 12.0 Å². The Labute approximate surface area is 145 Å². The van der Waals surface area contributed by atoms with E-state index in [0.717, 1.165) is 16.7 Å². The minimum absolute atomic E-state index is 0.439. The van der Waals surface area contributed by atoms with Gasteiger partial charge in [0, 0.05) is 16.5 Å². The summed E-state index contributed by atoms with van der Waals surface area (Å²) < 4.78 is 11.5. The number of benzene rings is 3. The van der Waals surface area contributed by atoms with Gasteiger partial charge < -0.3 is 8.92 Å². The highest BCUT2D eigenvalue weighted by molar-refractivity contribution is 7.95. The van der Waals surface area contributed by atoms with E-state index >= 15 is 0 Å². The average Bonchev–Trinajstić information content (AvgIpc) is 2.66. The standard InChI is InChI=1S/C20H16O3S/c21-14-17-11-18(22-15-16-7-3-1-4-8-16)13-19(12-17)23-24-20-9-5-2-6-10-20/h1-14H,15H2. The highest BCUT2D eigenvalue weighted by Crippen LogP contribution is 2.28. The number of carbonyl (C=O) groups excluding carboxylic acids is 1. The van der Waals surface area contributed by atoms with Gasteiger partial charge in [0.2, 0.25) is 0 Å². The van der Waals surface area contributed by atoms with Crippen LogP contribution < -0.4 is 8.92 Å². The second-order valence-electron chi connectivity index (χ2n) is 5.11. The van der Waals surface area contributed by atoms with Gasteiger partial charge in [0.25, 0.3) is 0 Å². The summed E-state index contributed by atoms with van der Waals surface area (Å²) in [5, 5.41) is 0. The van der Waals surface area contributed by atoms with Crippen molar-refractivity contribution in [2.45, 2.75) is 11.5 Å². The molecule has 3 rings (SSSR count). The fraction of sp³-hybridized carbons (Fsp3) is 0.0500. The van der Waals surface area contributed by atoms with Crippen molar-refractivity contribution < 1.29 is 13.7 Å². The van der Waals surface area contributed by atoms with Crippen LogP contribution in [0.5, 0.6) is 11.5 Å². The summed E-state index contributed by atoms with van der Waals surface area (Å²) >= 11 is 1.24. The first-order valence-electron chi connectivity index (χ1n) is 7.50. The molecule has 0 atom stereocenters. The molecule has 120 valence electrons. The van der Waals surface area contributed by atoms with Gasteiger partial charge in [-0.3, -0.25) is 4.79 Å². The van der Waals surface area contributed by atoms with Crippen molar-refractivity contribution in [3.63, 3.8) is 0 Å². The number of carbonyl (C=O) groups is 1. The van der Waals surface area contributed by atoms with E-state index in [4.69, 9.17) is 8.92 Å². The van der Waals surface area contributed by atoms with Gasteiger partial charge in [0.1, 0.15) is 24.4 Å². The van der Waals surface area contributed by atoms with Crippen molar-refractivity contribution >= 4 is 18.3 Å². The predicted octanol–water partition coefficient (Wildman–Crippen LogP) is 5.16. The molecule has 0 saturated heterocycles. The van der Waals surface area contributed by atoms with Gasteiger partial charge in [-0.2, -0.15) is 0 Å². The topological polar surface area (TPSA) is 35.5 Å². The highest BCUT2D eigenvalue weighted by Gasteiger charge is 2.05. The molecule has 0 spiro atoms. The summed E-state index contributed by atoms with van der Waals surface area (Å²) in [5.74, 6) is 1.18. The number of aldehydes is 1. The summed E-state index contributed by atoms with van der Waals surface area (Å²) in [6.07, 6.45) is 0.787. The molecule has 3 aromatic carbocycles. The molecule has 0 N–H and O–H groups in total. The molecule has 0 fully saturated rings. The van der Waals surface area contributed by atoms with Crippen molar-refractivity contribution in [3.8, 4) is 11.5 Å². The molecule has 0 heterocycles. The molecule has 0 unspecified atom stereocenters. The quantitative estimate of drug-likeness (QED) is 0.441. The molecule has 0 aliphatic carbocycles. The van der Waals surface area contributed by atoms with Crippen LogP contribution in [0.2, 0.25) is 0 Å². The van der Waals surface area contributed by atoms with Crippen LogP contribution in [0.25, 0.3) is 0 Å². The zero-order valence-corrected chi connectivity index (χ0v) is 13.7. The lowest BCUT2D eigenvalue weighted by molar-refractivity contribution is 0.112. The normalized spacial score (nSPS) is 10.2. The van der Waals surface area contributed by atoms with E-state index in [1.807, 2.05) is 60.7 Å². The summed E-state index contributed by atoms with van der Waals surface area (Å²) in [6, 6.07) is 24.8. The molecule has 0 amide bonds. The first-order valence-corrected chi connectivity index (χ1v) is 8.24. The fourth-order valence-corrected chi connectivity index (χ4v) is 2.66. The third-order valence-electron chi connectivity index (χ3n) is 3.26. The molecule has 24 heavy (non-hydrogen) atoms. The molecular weight excluding hydrogens is 320 g/mol. The van der Waals surface area contributed by atoms with Crippen LogP contribution in [0.3, 0.4) is 0 Å². The largest absolute Gasteiger partial charge is 0.489 e. The van der Waals surface area contributed by atoms with Gasteiger partial charge in [0.15, 0.2) is 0 Å². The second-order valence-corrected chi connectivity index (χ2v) is 5.91. The van der Waals surface area contributed by atoms with E-state index in [2.05, 4.69) is 0 Å². The van der Waals surface area contributed by atoms with Crippen LogP contribution in [-0.4, -0.2) is 6.29 Å². The van der Waals surface area contributed by atoms with E-state index < -0.39 is 0 Å². The molecular formula is C20H16O3S. The molecule has 0 aliphatic heterocycles. The van der Waals surface area contributed by atoms with E-state index in [0.29, 0.717) is 23.7 Å². The van der Waals surface area contributed by atoms with Crippen LogP contribution in [-0.2, 0) is 6.61 Å². The Bertz CT molecular complexity index is 727. The zero-order valence-electron chi connectivity index (χ0n) is 12.9. The van der Waals surface area contributed by atoms with Crippen molar-refractivity contribution in [1.82, 2.24) is 0 Å². The summed E-state index contributed by atoms with van der Waals surface area (Å²) in [7, 11) is 0. The monoisotopic (exact) mass is 336 g/mol. The molecule has 3 aromatic rings. The molecule has 0 aliphatic rings. The van der Waals surface area contributed by atoms with Gasteiger partial charge in [-0.15, -0.1) is 0 Å². The van der Waals surface area contributed by atoms with Crippen molar-refractivity contribution in [2.75, 3.05) is 0 Å². The SMILES string of the molecule is O=Cc1cc(OCc2ccccc2)cc(OSc2ccccc2)c1. The third-order valence-corrected chi connectivity index (χ3v) is 4.00. The average molecular weight is 336 g/mol. The first kappa shape index (κ1) is 16.1. The van der Waals surface area contributed by atoms with Crippen molar-refractivity contribution in [3.05, 3.63) is 90.0 Å². The van der Waals surface area contributed by atoms with E-state index in [1.54, 1.807) is 18.2 Å². The second kappa shape index (κ2) is 8.22. The first-order chi connectivity index (χ1) is 11.8. The summed E-state index contributed by atoms with van der Waals surface area (Å²) in [4.78, 5) is 12.1. The van der Waals surface area contributed by atoms with E-state index in [9.17, 15) is 4.79 Å². The van der Waals surface area contributed by atoms with Crippen molar-refractivity contribution in [2.24, 2.45) is 0 Å². The van der Waals surface area contributed by atoms with Gasteiger partial charge >= 0.3 is 0 Å². The minimum Gasteiger partial charge on any atom is -0.489 e. The van der Waals surface area contributed by atoms with Crippen LogP contribution in [0, 0.1) is 0 Å². The Morgan fingerprint density at radius 2 is 1.50 bits per heavy atom. The lowest BCUT2D eigenvalue weighted by Gasteiger charge is -2.10. The molecule has 0 aromatic heterocycles. The maximum absolute atomic E-state index is 11.1. The number of rotatable bonds is 7. The van der Waals surface area contributed by atoms with Gasteiger partial charge in [-0.25, -0.2) is 0 Å². The minimum atomic E-state index is 0.439. The lowest BCUT2D eigenvalue weighted by atomic mass is 10.2. The highest BCUT2D eigenvalue weighted by atomic mass is 32.2. The van der Waals surface area contributed by atoms with Gasteiger partial charge in [0.05, 0.1) is 12.0 Å². The van der Waals surface area contributed by atoms with Crippen LogP contribution in [0.1, 0.15) is 15.9 Å². The summed E-state index contributed by atoms with van der Waals surface area (Å²) in [5.41, 5.74) is 1.58. The number of hydrogen-bond donors (Lipinski definition) is 0. The Morgan fingerprint density at radius 1 is 0.833 bits per heavy atom. The number of hydrogen-bond acceptors (Lipinski definition) is 4. The molecule has 4 heteroatoms. The van der Waals surface area contributed by atoms with E-state index in [-0.39, 0.29) is 0 Å². The van der Waals surface area contributed by atoms with Crippen LogP contribution in [0.4, 0.5) is 0 Å². The lowest BCUT2D eigenvalue weighted by Crippen LogP contribution is -1.96. The zero-order chi connectivity index (χ0) is 16.6. The summed E-state index contributed by atoms with van der Waals surface area (Å²) in [6.45, 7) is 0.439. The molecule has 3 nitrogen and oxygen atoms in total. The number of ether oxygens (including phenoxy) is 1. The molecule has 0 saturated carbocycles. The Balaban J connectivity index is 1.69. The molecule has 0 bridgehead atoms. The maximum Gasteiger partial charge on any atom is 0.150 e. The van der Waals surface area contributed by atoms with Crippen molar-refractivity contribution in [1.29, 1.82) is 0 Å². The fourth-order valence-electron chi connectivity index (χ4n) is 2.11. The maximum atomic E-state index is 11.1. The van der Waals surface area contributed by atoms with Crippen LogP contribution in [0.15, 0.2) is 83.8 Å². The third kappa shape index (κ3) is 4.64. The Morgan fingerprint density at radius 3 is 2.21 bits per heavy atom. The Hall–Kier alpha value is -2.72. The predicted molar refractivity (Wildman–Crippen MR) is 95.5 cm³/mol. The smallest absolute Gasteiger partial charge is 0.150 e.